The highest BCUT2D eigenvalue weighted by Crippen LogP contribution is 2.12. The van der Waals surface area contributed by atoms with E-state index in [2.05, 4.69) is 25.7 Å². The van der Waals surface area contributed by atoms with E-state index in [9.17, 15) is 4.79 Å². The lowest BCUT2D eigenvalue weighted by Crippen LogP contribution is -2.29. The molecule has 1 aromatic rings. The van der Waals surface area contributed by atoms with E-state index in [0.717, 1.165) is 24.1 Å². The van der Waals surface area contributed by atoms with Gasteiger partial charge in [0.05, 0.1) is 0 Å². The zero-order valence-electron chi connectivity index (χ0n) is 12.1. The lowest BCUT2D eigenvalue weighted by molar-refractivity contribution is 0.0946. The van der Waals surface area contributed by atoms with Crippen LogP contribution in [0.4, 0.5) is 0 Å². The minimum Gasteiger partial charge on any atom is -0.352 e. The van der Waals surface area contributed by atoms with Crippen LogP contribution in [0.2, 0.25) is 0 Å². The van der Waals surface area contributed by atoms with Crippen molar-refractivity contribution < 1.29 is 4.79 Å². The molecule has 1 unspecified atom stereocenters. The van der Waals surface area contributed by atoms with Gasteiger partial charge in [0, 0.05) is 12.1 Å². The summed E-state index contributed by atoms with van der Waals surface area (Å²) in [6.45, 7) is 8.87. The normalized spacial score (nSPS) is 11.9. The Morgan fingerprint density at radius 3 is 2.53 bits per heavy atom. The van der Waals surface area contributed by atoms with Crippen LogP contribution in [0.25, 0.3) is 6.08 Å². The highest BCUT2D eigenvalue weighted by atomic mass is 16.1. The average molecular weight is 259 g/mol. The van der Waals surface area contributed by atoms with Crippen LogP contribution in [0.3, 0.4) is 0 Å². The molecule has 0 radical (unpaired) electrons. The van der Waals surface area contributed by atoms with E-state index in [-0.39, 0.29) is 5.91 Å². The second-order valence-corrected chi connectivity index (χ2v) is 4.95. The number of benzene rings is 1. The van der Waals surface area contributed by atoms with E-state index in [1.807, 2.05) is 24.3 Å². The molecule has 0 aliphatic carbocycles. The van der Waals surface area contributed by atoms with E-state index in [4.69, 9.17) is 0 Å². The molecular weight excluding hydrogens is 234 g/mol. The molecule has 104 valence electrons. The van der Waals surface area contributed by atoms with Crippen LogP contribution in [-0.2, 0) is 0 Å². The molecule has 0 heterocycles. The summed E-state index contributed by atoms with van der Waals surface area (Å²) in [7, 11) is 0. The monoisotopic (exact) mass is 259 g/mol. The molecule has 19 heavy (non-hydrogen) atoms. The topological polar surface area (TPSA) is 29.1 Å². The quantitative estimate of drug-likeness (QED) is 0.742. The number of hydrogen-bond acceptors (Lipinski definition) is 1. The Bertz CT molecular complexity index is 394. The smallest absolute Gasteiger partial charge is 0.251 e. The molecule has 1 N–H and O–H groups in total. The van der Waals surface area contributed by atoms with E-state index < -0.39 is 0 Å². The van der Waals surface area contributed by atoms with E-state index in [1.165, 1.54) is 19.3 Å². The Balaban J connectivity index is 2.46. The molecule has 0 spiro atoms. The van der Waals surface area contributed by atoms with Crippen LogP contribution in [0.5, 0.6) is 0 Å². The van der Waals surface area contributed by atoms with Crippen molar-refractivity contribution in [3.63, 3.8) is 0 Å². The third-order valence-electron chi connectivity index (χ3n) is 3.50. The van der Waals surface area contributed by atoms with Crippen molar-refractivity contribution in [1.82, 2.24) is 5.32 Å². The first-order chi connectivity index (χ1) is 9.21. The number of rotatable bonds is 8. The van der Waals surface area contributed by atoms with Crippen molar-refractivity contribution in [3.05, 3.63) is 42.0 Å². The summed E-state index contributed by atoms with van der Waals surface area (Å²) in [6, 6.07) is 7.52. The second-order valence-electron chi connectivity index (χ2n) is 4.95. The Hall–Kier alpha value is -1.57. The summed E-state index contributed by atoms with van der Waals surface area (Å²) in [5, 5.41) is 3.03. The summed E-state index contributed by atoms with van der Waals surface area (Å²) in [6.07, 6.45) is 6.55. The molecule has 0 aliphatic heterocycles. The van der Waals surface area contributed by atoms with Gasteiger partial charge in [-0.2, -0.15) is 0 Å². The van der Waals surface area contributed by atoms with Crippen LogP contribution in [0.15, 0.2) is 30.8 Å². The number of hydrogen-bond donors (Lipinski definition) is 1. The predicted molar refractivity (Wildman–Crippen MR) is 82.2 cm³/mol. The standard InChI is InChI=1S/C17H25NO/c1-4-7-8-15(6-3)13-18-17(19)16-11-9-14(5-2)10-12-16/h5,9-12,15H,2,4,6-8,13H2,1,3H3,(H,18,19). The lowest BCUT2D eigenvalue weighted by atomic mass is 9.99. The van der Waals surface area contributed by atoms with Gasteiger partial charge in [-0.15, -0.1) is 0 Å². The van der Waals surface area contributed by atoms with Gasteiger partial charge in [-0.25, -0.2) is 0 Å². The molecule has 1 amide bonds. The third-order valence-corrected chi connectivity index (χ3v) is 3.50. The average Bonchev–Trinajstić information content (AvgIpc) is 2.47. The molecule has 1 atom stereocenters. The molecule has 1 aromatic carbocycles. The summed E-state index contributed by atoms with van der Waals surface area (Å²) >= 11 is 0. The first-order valence-corrected chi connectivity index (χ1v) is 7.21. The van der Waals surface area contributed by atoms with Crippen LogP contribution in [0, 0.1) is 5.92 Å². The molecule has 0 saturated carbocycles. The maximum atomic E-state index is 12.0. The summed E-state index contributed by atoms with van der Waals surface area (Å²) in [4.78, 5) is 12.0. The summed E-state index contributed by atoms with van der Waals surface area (Å²) in [5.41, 5.74) is 1.75. The third kappa shape index (κ3) is 5.29. The molecule has 2 heteroatoms. The second kappa shape index (κ2) is 8.52. The number of nitrogens with one attached hydrogen (secondary N) is 1. The minimum atomic E-state index is 0.0190. The Labute approximate surface area is 116 Å². The van der Waals surface area contributed by atoms with Gasteiger partial charge in [0.15, 0.2) is 0 Å². The molecule has 0 bridgehead atoms. The van der Waals surface area contributed by atoms with Crippen molar-refractivity contribution in [3.8, 4) is 0 Å². The van der Waals surface area contributed by atoms with Crippen LogP contribution in [0.1, 0.15) is 55.5 Å². The van der Waals surface area contributed by atoms with Gasteiger partial charge >= 0.3 is 0 Å². The SMILES string of the molecule is C=Cc1ccc(C(=O)NCC(CC)CCCC)cc1. The fraction of sp³-hybridized carbons (Fsp3) is 0.471. The van der Waals surface area contributed by atoms with Crippen molar-refractivity contribution in [2.45, 2.75) is 39.5 Å². The van der Waals surface area contributed by atoms with Crippen molar-refractivity contribution in [2.75, 3.05) is 6.54 Å². The zero-order valence-corrected chi connectivity index (χ0v) is 12.1. The molecular formula is C17H25NO. The van der Waals surface area contributed by atoms with Crippen molar-refractivity contribution in [2.24, 2.45) is 5.92 Å². The highest BCUT2D eigenvalue weighted by Gasteiger charge is 2.09. The number of amides is 1. The number of unbranched alkanes of at least 4 members (excludes halogenated alkanes) is 1. The van der Waals surface area contributed by atoms with Crippen LogP contribution < -0.4 is 5.32 Å². The van der Waals surface area contributed by atoms with Gasteiger partial charge in [-0.3, -0.25) is 4.79 Å². The Morgan fingerprint density at radius 2 is 2.00 bits per heavy atom. The first kappa shape index (κ1) is 15.5. The molecule has 0 aliphatic rings. The Morgan fingerprint density at radius 1 is 1.32 bits per heavy atom. The van der Waals surface area contributed by atoms with E-state index >= 15 is 0 Å². The van der Waals surface area contributed by atoms with Crippen molar-refractivity contribution in [1.29, 1.82) is 0 Å². The Kier molecular flexibility index (Phi) is 6.94. The molecule has 0 saturated heterocycles. The lowest BCUT2D eigenvalue weighted by Gasteiger charge is -2.15. The maximum Gasteiger partial charge on any atom is 0.251 e. The van der Waals surface area contributed by atoms with E-state index in [0.29, 0.717) is 5.92 Å². The molecule has 0 aromatic heterocycles. The highest BCUT2D eigenvalue weighted by molar-refractivity contribution is 5.94. The fourth-order valence-electron chi connectivity index (χ4n) is 2.05. The maximum absolute atomic E-state index is 12.0. The minimum absolute atomic E-state index is 0.0190. The number of carbonyl (C=O) groups is 1. The van der Waals surface area contributed by atoms with Gasteiger partial charge in [0.1, 0.15) is 0 Å². The van der Waals surface area contributed by atoms with Crippen LogP contribution >= 0.6 is 0 Å². The largest absolute Gasteiger partial charge is 0.352 e. The van der Waals surface area contributed by atoms with Gasteiger partial charge < -0.3 is 5.32 Å². The van der Waals surface area contributed by atoms with Crippen molar-refractivity contribution >= 4 is 12.0 Å². The summed E-state index contributed by atoms with van der Waals surface area (Å²) < 4.78 is 0. The van der Waals surface area contributed by atoms with Crippen LogP contribution in [-0.4, -0.2) is 12.5 Å². The predicted octanol–water partition coefficient (Wildman–Crippen LogP) is 4.28. The van der Waals surface area contributed by atoms with Gasteiger partial charge in [0.2, 0.25) is 0 Å². The number of carbonyl (C=O) groups excluding carboxylic acids is 1. The molecule has 0 fully saturated rings. The summed E-state index contributed by atoms with van der Waals surface area (Å²) in [5.74, 6) is 0.613. The van der Waals surface area contributed by atoms with Gasteiger partial charge in [-0.1, -0.05) is 57.9 Å². The zero-order chi connectivity index (χ0) is 14.1. The first-order valence-electron chi connectivity index (χ1n) is 7.21. The molecule has 1 rings (SSSR count). The van der Waals surface area contributed by atoms with E-state index in [1.54, 1.807) is 6.08 Å². The fourth-order valence-corrected chi connectivity index (χ4v) is 2.05. The van der Waals surface area contributed by atoms with Gasteiger partial charge in [-0.05, 0) is 30.0 Å². The van der Waals surface area contributed by atoms with Gasteiger partial charge in [0.25, 0.3) is 5.91 Å². The molecule has 2 nitrogen and oxygen atoms in total.